The molecule has 1 aliphatic heterocycles. The summed E-state index contributed by atoms with van der Waals surface area (Å²) in [7, 11) is 1.86. The van der Waals surface area contributed by atoms with Crippen LogP contribution in [0.4, 0.5) is 0 Å². The topological polar surface area (TPSA) is 69.0 Å². The summed E-state index contributed by atoms with van der Waals surface area (Å²) in [5, 5.41) is 3.90. The fourth-order valence-corrected chi connectivity index (χ4v) is 3.53. The molecule has 2 aromatic heterocycles. The van der Waals surface area contributed by atoms with Gasteiger partial charge in [-0.1, -0.05) is 23.7 Å². The van der Waals surface area contributed by atoms with Crippen LogP contribution in [0.3, 0.4) is 0 Å². The van der Waals surface area contributed by atoms with Crippen molar-refractivity contribution in [2.24, 2.45) is 7.05 Å². The molecular weight excluding hydrogens is 352 g/mol. The molecule has 0 unspecified atom stereocenters. The van der Waals surface area contributed by atoms with Gasteiger partial charge >= 0.3 is 0 Å². The largest absolute Gasteiger partial charge is 0.379 e. The van der Waals surface area contributed by atoms with Gasteiger partial charge in [-0.25, -0.2) is 9.97 Å². The first-order valence-electron chi connectivity index (χ1n) is 8.47. The average molecular weight is 371 g/mol. The zero-order valence-corrected chi connectivity index (χ0v) is 15.2. The van der Waals surface area contributed by atoms with E-state index in [1.54, 1.807) is 23.2 Å². The van der Waals surface area contributed by atoms with Crippen molar-refractivity contribution in [2.75, 3.05) is 13.2 Å². The molecule has 0 saturated carbocycles. The van der Waals surface area contributed by atoms with E-state index < -0.39 is 5.54 Å². The molecule has 1 saturated heterocycles. The second-order valence-electron chi connectivity index (χ2n) is 6.73. The first kappa shape index (κ1) is 17.0. The minimum Gasteiger partial charge on any atom is -0.379 e. The quantitative estimate of drug-likeness (QED) is 0.766. The monoisotopic (exact) mass is 370 g/mol. The van der Waals surface area contributed by atoms with Gasteiger partial charge < -0.3 is 14.6 Å². The molecule has 0 radical (unpaired) electrons. The number of carbonyl (C=O) groups is 1. The molecule has 1 amide bonds. The van der Waals surface area contributed by atoms with Crippen LogP contribution in [0.2, 0.25) is 5.02 Å². The van der Waals surface area contributed by atoms with Gasteiger partial charge in [0.1, 0.15) is 5.52 Å². The normalized spacial score (nSPS) is 19.8. The summed E-state index contributed by atoms with van der Waals surface area (Å²) in [5.41, 5.74) is 2.49. The van der Waals surface area contributed by atoms with Gasteiger partial charge in [0.25, 0.3) is 5.91 Å². The molecule has 1 aliphatic rings. The van der Waals surface area contributed by atoms with Crippen LogP contribution in [0.25, 0.3) is 11.2 Å². The van der Waals surface area contributed by atoms with Gasteiger partial charge in [-0.2, -0.15) is 0 Å². The van der Waals surface area contributed by atoms with E-state index in [1.165, 1.54) is 0 Å². The molecule has 3 aromatic rings. The number of aromatic nitrogens is 3. The SMILES string of the molecule is Cn1cnc2c(C(=O)N[C@@]3(Cc4ccc(Cl)cc4)CCOC3)ccnc21. The van der Waals surface area contributed by atoms with E-state index in [1.807, 2.05) is 31.3 Å². The molecule has 4 rings (SSSR count). The summed E-state index contributed by atoms with van der Waals surface area (Å²) in [6, 6.07) is 9.40. The Labute approximate surface area is 156 Å². The van der Waals surface area contributed by atoms with Crippen LogP contribution >= 0.6 is 11.6 Å². The van der Waals surface area contributed by atoms with E-state index >= 15 is 0 Å². The highest BCUT2D eigenvalue weighted by Gasteiger charge is 2.37. The number of nitrogens with zero attached hydrogens (tertiary/aromatic N) is 3. The van der Waals surface area contributed by atoms with Crippen molar-refractivity contribution in [3.8, 4) is 0 Å². The lowest BCUT2D eigenvalue weighted by atomic mass is 9.89. The Balaban J connectivity index is 1.61. The number of ether oxygens (including phenoxy) is 1. The molecule has 1 N–H and O–H groups in total. The number of benzene rings is 1. The van der Waals surface area contributed by atoms with Crippen molar-refractivity contribution >= 4 is 28.7 Å². The smallest absolute Gasteiger partial charge is 0.254 e. The number of hydrogen-bond acceptors (Lipinski definition) is 4. The van der Waals surface area contributed by atoms with Gasteiger partial charge in [0.2, 0.25) is 0 Å². The summed E-state index contributed by atoms with van der Waals surface area (Å²) >= 11 is 5.98. The van der Waals surface area contributed by atoms with Gasteiger partial charge in [-0.05, 0) is 36.6 Å². The highest BCUT2D eigenvalue weighted by Crippen LogP contribution is 2.26. The third kappa shape index (κ3) is 3.18. The lowest BCUT2D eigenvalue weighted by Gasteiger charge is -2.29. The zero-order valence-electron chi connectivity index (χ0n) is 14.4. The van der Waals surface area contributed by atoms with E-state index in [4.69, 9.17) is 16.3 Å². The van der Waals surface area contributed by atoms with Crippen LogP contribution in [-0.4, -0.2) is 39.2 Å². The van der Waals surface area contributed by atoms with Gasteiger partial charge in [0, 0.05) is 24.9 Å². The Morgan fingerprint density at radius 2 is 2.12 bits per heavy atom. The van der Waals surface area contributed by atoms with Crippen molar-refractivity contribution in [3.05, 3.63) is 59.0 Å². The highest BCUT2D eigenvalue weighted by atomic mass is 35.5. The fraction of sp³-hybridized carbons (Fsp3) is 0.316. The third-order valence-electron chi connectivity index (χ3n) is 4.78. The van der Waals surface area contributed by atoms with Gasteiger partial charge in [0.15, 0.2) is 5.65 Å². The molecule has 7 heteroatoms. The van der Waals surface area contributed by atoms with E-state index in [0.717, 1.165) is 12.0 Å². The van der Waals surface area contributed by atoms with Crippen LogP contribution in [0, 0.1) is 0 Å². The number of nitrogens with one attached hydrogen (secondary N) is 1. The number of pyridine rings is 1. The van der Waals surface area contributed by atoms with E-state index in [2.05, 4.69) is 15.3 Å². The molecule has 0 spiro atoms. The lowest BCUT2D eigenvalue weighted by molar-refractivity contribution is 0.0879. The van der Waals surface area contributed by atoms with Gasteiger partial charge in [-0.3, -0.25) is 4.79 Å². The van der Waals surface area contributed by atoms with Crippen molar-refractivity contribution in [1.82, 2.24) is 19.9 Å². The second kappa shape index (κ2) is 6.70. The molecule has 134 valence electrons. The van der Waals surface area contributed by atoms with Crippen LogP contribution < -0.4 is 5.32 Å². The maximum absolute atomic E-state index is 13.0. The number of amides is 1. The Bertz CT molecular complexity index is 946. The van der Waals surface area contributed by atoms with Crippen LogP contribution in [-0.2, 0) is 18.2 Å². The number of imidazole rings is 1. The molecule has 0 bridgehead atoms. The van der Waals surface area contributed by atoms with Crippen LogP contribution in [0.5, 0.6) is 0 Å². The predicted molar refractivity (Wildman–Crippen MR) is 99.3 cm³/mol. The molecule has 0 aliphatic carbocycles. The van der Waals surface area contributed by atoms with Crippen molar-refractivity contribution in [1.29, 1.82) is 0 Å². The predicted octanol–water partition coefficient (Wildman–Crippen LogP) is 2.75. The second-order valence-corrected chi connectivity index (χ2v) is 7.16. The summed E-state index contributed by atoms with van der Waals surface area (Å²) in [5.74, 6) is -0.157. The zero-order chi connectivity index (χ0) is 18.1. The molecule has 3 heterocycles. The van der Waals surface area contributed by atoms with Crippen molar-refractivity contribution < 1.29 is 9.53 Å². The number of carbonyl (C=O) groups excluding carboxylic acids is 1. The third-order valence-corrected chi connectivity index (χ3v) is 5.03. The molecule has 1 fully saturated rings. The highest BCUT2D eigenvalue weighted by molar-refractivity contribution is 6.30. The average Bonchev–Trinajstić information content (AvgIpc) is 3.24. The fourth-order valence-electron chi connectivity index (χ4n) is 3.40. The Morgan fingerprint density at radius 1 is 1.31 bits per heavy atom. The summed E-state index contributed by atoms with van der Waals surface area (Å²) in [6.07, 6.45) is 4.75. The maximum atomic E-state index is 13.0. The number of hydrogen-bond donors (Lipinski definition) is 1. The maximum Gasteiger partial charge on any atom is 0.254 e. The van der Waals surface area contributed by atoms with Crippen molar-refractivity contribution in [2.45, 2.75) is 18.4 Å². The van der Waals surface area contributed by atoms with Gasteiger partial charge in [0.05, 0.1) is 24.0 Å². The minimum absolute atomic E-state index is 0.157. The van der Waals surface area contributed by atoms with E-state index in [9.17, 15) is 4.79 Å². The Hall–Kier alpha value is -2.44. The van der Waals surface area contributed by atoms with E-state index in [0.29, 0.717) is 41.4 Å². The summed E-state index contributed by atoms with van der Waals surface area (Å²) in [6.45, 7) is 1.11. The molecule has 1 atom stereocenters. The standard InChI is InChI=1S/C19H19ClN4O2/c1-24-12-22-16-15(6-8-21-17(16)24)18(25)23-19(7-9-26-11-19)10-13-2-4-14(20)5-3-13/h2-6,8,12H,7,9-11H2,1H3,(H,23,25)/t19-/m1/s1. The molecule has 1 aromatic carbocycles. The summed E-state index contributed by atoms with van der Waals surface area (Å²) in [4.78, 5) is 21.6. The van der Waals surface area contributed by atoms with E-state index in [-0.39, 0.29) is 5.91 Å². The van der Waals surface area contributed by atoms with Crippen LogP contribution in [0.15, 0.2) is 42.9 Å². The Morgan fingerprint density at radius 3 is 2.85 bits per heavy atom. The van der Waals surface area contributed by atoms with Gasteiger partial charge in [-0.15, -0.1) is 0 Å². The molecular formula is C19H19ClN4O2. The number of rotatable bonds is 4. The lowest BCUT2D eigenvalue weighted by Crippen LogP contribution is -2.50. The Kier molecular flexibility index (Phi) is 4.38. The summed E-state index contributed by atoms with van der Waals surface area (Å²) < 4.78 is 7.41. The first-order chi connectivity index (χ1) is 12.6. The van der Waals surface area contributed by atoms with Crippen molar-refractivity contribution in [3.63, 3.8) is 0 Å². The minimum atomic E-state index is -0.435. The number of aryl methyl sites for hydroxylation is 1. The number of halogens is 1. The van der Waals surface area contributed by atoms with Crippen LogP contribution in [0.1, 0.15) is 22.3 Å². The number of fused-ring (bicyclic) bond motifs is 1. The molecule has 26 heavy (non-hydrogen) atoms. The first-order valence-corrected chi connectivity index (χ1v) is 8.85. The molecule has 6 nitrogen and oxygen atoms in total.